The monoisotopic (exact) mass is 655 g/mol. The summed E-state index contributed by atoms with van der Waals surface area (Å²) in [7, 11) is 0. The predicted molar refractivity (Wildman–Crippen MR) is 192 cm³/mol. The number of aliphatic imine (C=N–C) groups is 1. The van der Waals surface area contributed by atoms with Crippen LogP contribution in [0, 0.1) is 0 Å². The molecule has 0 bridgehead atoms. The van der Waals surface area contributed by atoms with Crippen LogP contribution in [0.3, 0.4) is 0 Å². The van der Waals surface area contributed by atoms with Crippen molar-refractivity contribution < 1.29 is 0 Å². The predicted octanol–water partition coefficient (Wildman–Crippen LogP) is 8.21. The molecule has 1 aliphatic heterocycles. The van der Waals surface area contributed by atoms with Gasteiger partial charge in [-0.1, -0.05) is 105 Å². The maximum atomic E-state index is 6.34. The molecule has 0 radical (unpaired) electrons. The number of rotatable bonds is 12. The number of nitrogens with zero attached hydrogens (tertiary/aromatic N) is 3. The molecule has 1 saturated heterocycles. The molecule has 0 saturated carbocycles. The number of nitrogens with two attached hydrogens (primary N) is 1. The van der Waals surface area contributed by atoms with Gasteiger partial charge in [0, 0.05) is 61.4 Å². The highest BCUT2D eigenvalue weighted by molar-refractivity contribution is 6.30. The van der Waals surface area contributed by atoms with E-state index < -0.39 is 0 Å². The molecular weight excluding hydrogens is 609 g/mol. The number of halogens is 3. The molecule has 1 aliphatic carbocycles. The Morgan fingerprint density at radius 1 is 1.07 bits per heavy atom. The topological polar surface area (TPSA) is 56.9 Å². The summed E-state index contributed by atoms with van der Waals surface area (Å²) < 4.78 is 0. The molecule has 2 aromatic rings. The SMILES string of the molecule is CC.CC/C=C\C=C(/CN)C(=NCc1cccc(Cl)c1)NCCN1CCN(C(C2=CCC(Cl)C=C2)c2ccc(Cl)cc2)CC1. The minimum Gasteiger partial charge on any atom is -0.369 e. The van der Waals surface area contributed by atoms with Crippen LogP contribution in [-0.2, 0) is 6.54 Å². The molecule has 0 aromatic heterocycles. The molecule has 4 rings (SSSR count). The Bertz CT molecular complexity index is 1290. The zero-order valence-corrected chi connectivity index (χ0v) is 28.6. The van der Waals surface area contributed by atoms with Crippen LogP contribution in [0.5, 0.6) is 0 Å². The summed E-state index contributed by atoms with van der Waals surface area (Å²) in [5.74, 6) is 0.841. The van der Waals surface area contributed by atoms with Crippen LogP contribution in [0.4, 0.5) is 0 Å². The minimum absolute atomic E-state index is 0.0696. The highest BCUT2D eigenvalue weighted by Gasteiger charge is 2.28. The Morgan fingerprint density at radius 3 is 2.45 bits per heavy atom. The fourth-order valence-electron chi connectivity index (χ4n) is 5.29. The molecule has 44 heavy (non-hydrogen) atoms. The molecule has 1 heterocycles. The summed E-state index contributed by atoms with van der Waals surface area (Å²) >= 11 is 18.8. The smallest absolute Gasteiger partial charge is 0.125 e. The van der Waals surface area contributed by atoms with E-state index in [-0.39, 0.29) is 11.4 Å². The Morgan fingerprint density at radius 2 is 1.82 bits per heavy atom. The van der Waals surface area contributed by atoms with Crippen LogP contribution in [0.15, 0.2) is 101 Å². The summed E-state index contributed by atoms with van der Waals surface area (Å²) in [6.07, 6.45) is 14.7. The van der Waals surface area contributed by atoms with Crippen molar-refractivity contribution in [3.05, 3.63) is 117 Å². The fraction of sp³-hybridized carbons (Fsp3) is 0.417. The van der Waals surface area contributed by atoms with E-state index in [1.165, 1.54) is 11.1 Å². The van der Waals surface area contributed by atoms with Gasteiger partial charge in [0.05, 0.1) is 18.0 Å². The van der Waals surface area contributed by atoms with Gasteiger partial charge in [-0.2, -0.15) is 0 Å². The second kappa shape index (κ2) is 19.9. The van der Waals surface area contributed by atoms with E-state index in [9.17, 15) is 0 Å². The van der Waals surface area contributed by atoms with Crippen LogP contribution >= 0.6 is 34.8 Å². The van der Waals surface area contributed by atoms with Crippen LogP contribution in [-0.4, -0.2) is 66.8 Å². The lowest BCUT2D eigenvalue weighted by molar-refractivity contribution is 0.110. The molecule has 5 nitrogen and oxygen atoms in total. The van der Waals surface area contributed by atoms with Crippen molar-refractivity contribution in [1.29, 1.82) is 0 Å². The van der Waals surface area contributed by atoms with Gasteiger partial charge in [0.25, 0.3) is 0 Å². The number of amidine groups is 1. The van der Waals surface area contributed by atoms with Gasteiger partial charge in [0.2, 0.25) is 0 Å². The lowest BCUT2D eigenvalue weighted by Crippen LogP contribution is -2.49. The second-order valence-electron chi connectivity index (χ2n) is 10.6. The van der Waals surface area contributed by atoms with E-state index in [1.807, 2.05) is 50.2 Å². The van der Waals surface area contributed by atoms with Crippen LogP contribution in [0.1, 0.15) is 50.8 Å². The largest absolute Gasteiger partial charge is 0.369 e. The Hall–Kier alpha value is -2.38. The molecule has 2 aliphatic rings. The summed E-state index contributed by atoms with van der Waals surface area (Å²) in [4.78, 5) is 9.99. The van der Waals surface area contributed by atoms with Gasteiger partial charge < -0.3 is 11.1 Å². The normalized spacial score (nSPS) is 19.0. The maximum absolute atomic E-state index is 6.34. The summed E-state index contributed by atoms with van der Waals surface area (Å²) in [5.41, 5.74) is 10.8. The first kappa shape index (κ1) is 36.1. The number of hydrogen-bond acceptors (Lipinski definition) is 4. The average Bonchev–Trinajstić information content (AvgIpc) is 3.05. The maximum Gasteiger partial charge on any atom is 0.125 e. The highest BCUT2D eigenvalue weighted by Crippen LogP contribution is 2.33. The van der Waals surface area contributed by atoms with Gasteiger partial charge in [-0.3, -0.25) is 14.8 Å². The number of nitrogens with one attached hydrogen (secondary N) is 1. The molecule has 238 valence electrons. The summed E-state index contributed by atoms with van der Waals surface area (Å²) in [5, 5.41) is 5.13. The van der Waals surface area contributed by atoms with Crippen molar-refractivity contribution in [2.45, 2.75) is 51.6 Å². The van der Waals surface area contributed by atoms with E-state index in [0.717, 1.165) is 74.1 Å². The highest BCUT2D eigenvalue weighted by atomic mass is 35.5. The number of piperazine rings is 1. The molecule has 1 fully saturated rings. The van der Waals surface area contributed by atoms with Crippen LogP contribution < -0.4 is 11.1 Å². The summed E-state index contributed by atoms with van der Waals surface area (Å²) in [6, 6.07) is 16.3. The van der Waals surface area contributed by atoms with Crippen molar-refractivity contribution in [1.82, 2.24) is 15.1 Å². The Labute approximate surface area is 280 Å². The minimum atomic E-state index is 0.0696. The zero-order valence-electron chi connectivity index (χ0n) is 26.4. The van der Waals surface area contributed by atoms with Gasteiger partial charge >= 0.3 is 0 Å². The third-order valence-electron chi connectivity index (χ3n) is 7.57. The fourth-order valence-corrected chi connectivity index (χ4v) is 5.79. The van der Waals surface area contributed by atoms with Gasteiger partial charge in [0.15, 0.2) is 0 Å². The Balaban J connectivity index is 0.00000259. The molecular formula is C36H48Cl3N5. The zero-order chi connectivity index (χ0) is 31.7. The number of benzene rings is 2. The van der Waals surface area contributed by atoms with Gasteiger partial charge in [-0.15, -0.1) is 11.6 Å². The van der Waals surface area contributed by atoms with Crippen molar-refractivity contribution in [2.24, 2.45) is 10.7 Å². The molecule has 2 unspecified atom stereocenters. The van der Waals surface area contributed by atoms with Crippen molar-refractivity contribution >= 4 is 40.6 Å². The second-order valence-corrected chi connectivity index (χ2v) is 12.0. The summed E-state index contributed by atoms with van der Waals surface area (Å²) in [6.45, 7) is 12.7. The van der Waals surface area contributed by atoms with E-state index in [2.05, 4.69) is 70.6 Å². The van der Waals surface area contributed by atoms with Gasteiger partial charge in [-0.05, 0) is 53.8 Å². The van der Waals surface area contributed by atoms with E-state index in [1.54, 1.807) is 0 Å². The number of allylic oxidation sites excluding steroid dienone is 5. The first-order chi connectivity index (χ1) is 21.5. The molecule has 2 aromatic carbocycles. The van der Waals surface area contributed by atoms with Crippen molar-refractivity contribution in [2.75, 3.05) is 45.8 Å². The van der Waals surface area contributed by atoms with E-state index in [0.29, 0.717) is 18.1 Å². The van der Waals surface area contributed by atoms with Crippen LogP contribution in [0.25, 0.3) is 0 Å². The lowest BCUT2D eigenvalue weighted by Gasteiger charge is -2.40. The average molecular weight is 657 g/mol. The molecule has 0 amide bonds. The first-order valence-electron chi connectivity index (χ1n) is 15.8. The van der Waals surface area contributed by atoms with Crippen molar-refractivity contribution in [3.8, 4) is 0 Å². The Kier molecular flexibility index (Phi) is 16.3. The number of alkyl halides is 1. The molecule has 0 spiro atoms. The van der Waals surface area contributed by atoms with Gasteiger partial charge in [0.1, 0.15) is 5.84 Å². The molecule has 2 atom stereocenters. The van der Waals surface area contributed by atoms with Gasteiger partial charge in [-0.25, -0.2) is 0 Å². The molecule has 3 N–H and O–H groups in total. The standard InChI is InChI=1S/C34H42Cl3N5.C2H6/c1-2-3-4-7-29(24-38)34(40-25-26-6-5-8-32(37)23-26)39-17-18-41-19-21-42(22-20-41)33(27-9-13-30(35)14-10-27)28-11-15-31(36)16-12-28;1-2/h3-15,23,31,33H,2,16-22,24-25,38H2,1H3,(H,39,40);1-2H3/b4-3-,29-7+;. The lowest BCUT2D eigenvalue weighted by atomic mass is 9.92. The van der Waals surface area contributed by atoms with Crippen molar-refractivity contribution in [3.63, 3.8) is 0 Å². The number of hydrogen-bond donors (Lipinski definition) is 2. The molecule has 8 heteroatoms. The van der Waals surface area contributed by atoms with Crippen LogP contribution in [0.2, 0.25) is 10.0 Å². The third-order valence-corrected chi connectivity index (χ3v) is 8.38. The van der Waals surface area contributed by atoms with E-state index in [4.69, 9.17) is 45.5 Å². The first-order valence-corrected chi connectivity index (χ1v) is 17.0. The quantitative estimate of drug-likeness (QED) is 0.105. The third kappa shape index (κ3) is 11.5. The van der Waals surface area contributed by atoms with E-state index >= 15 is 0 Å².